The molecule has 3 rings (SSSR count). The van der Waals surface area contributed by atoms with Crippen molar-refractivity contribution in [3.63, 3.8) is 0 Å². The van der Waals surface area contributed by atoms with Gasteiger partial charge in [0.1, 0.15) is 11.8 Å². The molecule has 0 heterocycles. The van der Waals surface area contributed by atoms with E-state index in [9.17, 15) is 19.2 Å². The largest absolute Gasteiger partial charge is 0.467 e. The highest BCUT2D eigenvalue weighted by atomic mass is 35.5. The van der Waals surface area contributed by atoms with Crippen molar-refractivity contribution in [1.82, 2.24) is 5.32 Å². The minimum absolute atomic E-state index is 0.0626. The minimum Gasteiger partial charge on any atom is -0.467 e. The fraction of sp³-hybridized carbons (Fsp3) is 0.385. The number of hydrogen-bond donors (Lipinski definition) is 2. The third-order valence-corrected chi connectivity index (χ3v) is 7.35. The molecular weight excluding hydrogens is 491 g/mol. The first kappa shape index (κ1) is 26.7. The normalized spacial score (nSPS) is 19.1. The quantitative estimate of drug-likeness (QED) is 0.493. The van der Waals surface area contributed by atoms with E-state index in [-0.39, 0.29) is 45.6 Å². The molecule has 1 saturated carbocycles. The lowest BCUT2D eigenvalue weighted by Gasteiger charge is -2.50. The molecule has 2 aromatic carbocycles. The summed E-state index contributed by atoms with van der Waals surface area (Å²) in [5, 5.41) is 6.02. The molecule has 35 heavy (non-hydrogen) atoms. The lowest BCUT2D eigenvalue weighted by atomic mass is 9.53. The maximum Gasteiger partial charge on any atom is 0.328 e. The number of esters is 1. The van der Waals surface area contributed by atoms with Crippen molar-refractivity contribution in [2.45, 2.75) is 39.7 Å². The number of carbonyl (C=O) groups excluding carboxylic acids is 4. The summed E-state index contributed by atoms with van der Waals surface area (Å²) in [6.45, 7) is 5.32. The lowest BCUT2D eigenvalue weighted by Crippen LogP contribution is -2.57. The SMILES string of the molecule is COC(=O)C(Cc1ccc(NC(=O)c2c(Cl)cccc2Cl)cc1)NC(=O)C1CC(C(C)=O)C1(C)C. The van der Waals surface area contributed by atoms with Crippen LogP contribution in [-0.2, 0) is 25.5 Å². The summed E-state index contributed by atoms with van der Waals surface area (Å²) in [6.07, 6.45) is 0.665. The number of amides is 2. The van der Waals surface area contributed by atoms with Gasteiger partial charge in [-0.1, -0.05) is 55.2 Å². The van der Waals surface area contributed by atoms with Crippen LogP contribution >= 0.6 is 23.2 Å². The molecule has 0 radical (unpaired) electrons. The molecule has 2 amide bonds. The number of hydrogen-bond acceptors (Lipinski definition) is 5. The molecule has 1 aliphatic carbocycles. The van der Waals surface area contributed by atoms with E-state index in [0.29, 0.717) is 12.1 Å². The van der Waals surface area contributed by atoms with Gasteiger partial charge in [-0.15, -0.1) is 0 Å². The van der Waals surface area contributed by atoms with Crippen LogP contribution in [0.1, 0.15) is 43.1 Å². The van der Waals surface area contributed by atoms with E-state index in [4.69, 9.17) is 27.9 Å². The van der Waals surface area contributed by atoms with Gasteiger partial charge in [0, 0.05) is 23.9 Å². The average molecular weight is 519 g/mol. The van der Waals surface area contributed by atoms with Crippen LogP contribution in [0, 0.1) is 17.3 Å². The lowest BCUT2D eigenvalue weighted by molar-refractivity contribution is -0.153. The molecule has 3 atom stereocenters. The van der Waals surface area contributed by atoms with Gasteiger partial charge in [-0.25, -0.2) is 4.79 Å². The monoisotopic (exact) mass is 518 g/mol. The van der Waals surface area contributed by atoms with Gasteiger partial charge < -0.3 is 15.4 Å². The maximum atomic E-state index is 12.9. The van der Waals surface area contributed by atoms with Crippen LogP contribution < -0.4 is 10.6 Å². The van der Waals surface area contributed by atoms with Crippen LogP contribution in [0.2, 0.25) is 10.0 Å². The van der Waals surface area contributed by atoms with Crippen LogP contribution in [-0.4, -0.2) is 36.7 Å². The molecule has 1 aliphatic rings. The summed E-state index contributed by atoms with van der Waals surface area (Å²) in [7, 11) is 1.26. The molecular formula is C26H28Cl2N2O5. The van der Waals surface area contributed by atoms with E-state index in [0.717, 1.165) is 5.56 Å². The van der Waals surface area contributed by atoms with Gasteiger partial charge >= 0.3 is 5.97 Å². The fourth-order valence-electron chi connectivity index (χ4n) is 4.54. The fourth-order valence-corrected chi connectivity index (χ4v) is 5.11. The second-order valence-corrected chi connectivity index (χ2v) is 10.1. The highest BCUT2D eigenvalue weighted by Crippen LogP contribution is 2.51. The molecule has 3 unspecified atom stereocenters. The number of Topliss-reactive ketones (excluding diaryl/α,β-unsaturated/α-hetero) is 1. The molecule has 186 valence electrons. The van der Waals surface area contributed by atoms with Crippen molar-refractivity contribution >= 4 is 52.5 Å². The van der Waals surface area contributed by atoms with Gasteiger partial charge in [-0.2, -0.15) is 0 Å². The van der Waals surface area contributed by atoms with Gasteiger partial charge in [0.15, 0.2) is 0 Å². The van der Waals surface area contributed by atoms with Crippen molar-refractivity contribution in [1.29, 1.82) is 0 Å². The van der Waals surface area contributed by atoms with E-state index >= 15 is 0 Å². The Hall–Kier alpha value is -2.90. The van der Waals surface area contributed by atoms with Gasteiger partial charge in [-0.3, -0.25) is 14.4 Å². The first-order chi connectivity index (χ1) is 16.4. The van der Waals surface area contributed by atoms with Gasteiger partial charge in [0.05, 0.1) is 22.7 Å². The summed E-state index contributed by atoms with van der Waals surface area (Å²) in [5.74, 6) is -1.75. The molecule has 2 N–H and O–H groups in total. The highest BCUT2D eigenvalue weighted by molar-refractivity contribution is 6.40. The Morgan fingerprint density at radius 1 is 1.03 bits per heavy atom. The number of methoxy groups -OCH3 is 1. The van der Waals surface area contributed by atoms with E-state index in [1.54, 1.807) is 42.5 Å². The molecule has 0 saturated heterocycles. The third kappa shape index (κ3) is 5.85. The van der Waals surface area contributed by atoms with Crippen molar-refractivity contribution in [2.24, 2.45) is 17.3 Å². The number of nitrogens with one attached hydrogen (secondary N) is 2. The second-order valence-electron chi connectivity index (χ2n) is 9.31. The Bertz CT molecular complexity index is 1130. The van der Waals surface area contributed by atoms with E-state index < -0.39 is 23.3 Å². The number of halogens is 2. The topological polar surface area (TPSA) is 102 Å². The Morgan fingerprint density at radius 3 is 2.14 bits per heavy atom. The number of benzene rings is 2. The maximum absolute atomic E-state index is 12.9. The Labute approximate surface area is 214 Å². The zero-order chi connectivity index (χ0) is 25.9. The van der Waals surface area contributed by atoms with Crippen LogP contribution in [0.3, 0.4) is 0 Å². The third-order valence-electron chi connectivity index (χ3n) is 6.72. The van der Waals surface area contributed by atoms with Crippen LogP contribution in [0.5, 0.6) is 0 Å². The summed E-state index contributed by atoms with van der Waals surface area (Å²) in [4.78, 5) is 49.6. The standard InChI is InChI=1S/C26H28Cl2N2O5/c1-14(31)17-13-18(26(17,2)3)23(32)30-21(25(34)35-4)12-15-8-10-16(11-9-15)29-24(33)22-19(27)6-5-7-20(22)28/h5-11,17-18,21H,12-13H2,1-4H3,(H,29,33)(H,30,32). The summed E-state index contributed by atoms with van der Waals surface area (Å²) >= 11 is 12.2. The van der Waals surface area contributed by atoms with Crippen LogP contribution in [0.25, 0.3) is 0 Å². The molecule has 1 fully saturated rings. The van der Waals surface area contributed by atoms with Gasteiger partial charge in [0.2, 0.25) is 5.91 Å². The number of ketones is 1. The molecule has 0 aromatic heterocycles. The smallest absolute Gasteiger partial charge is 0.328 e. The Kier molecular flexibility index (Phi) is 8.23. The number of rotatable bonds is 8. The minimum atomic E-state index is -0.887. The first-order valence-corrected chi connectivity index (χ1v) is 11.9. The van der Waals surface area contributed by atoms with Crippen LogP contribution in [0.15, 0.2) is 42.5 Å². The Morgan fingerprint density at radius 2 is 1.63 bits per heavy atom. The molecule has 2 aromatic rings. The zero-order valence-electron chi connectivity index (χ0n) is 20.0. The molecule has 9 heteroatoms. The van der Waals surface area contributed by atoms with E-state index in [1.807, 2.05) is 13.8 Å². The predicted molar refractivity (Wildman–Crippen MR) is 135 cm³/mol. The predicted octanol–water partition coefficient (Wildman–Crippen LogP) is 4.70. The highest BCUT2D eigenvalue weighted by Gasteiger charge is 2.53. The van der Waals surface area contributed by atoms with Crippen molar-refractivity contribution in [3.8, 4) is 0 Å². The van der Waals surface area contributed by atoms with E-state index in [2.05, 4.69) is 10.6 Å². The van der Waals surface area contributed by atoms with Crippen molar-refractivity contribution < 1.29 is 23.9 Å². The van der Waals surface area contributed by atoms with Crippen LogP contribution in [0.4, 0.5) is 5.69 Å². The Balaban J connectivity index is 1.66. The average Bonchev–Trinajstić information content (AvgIpc) is 2.78. The first-order valence-electron chi connectivity index (χ1n) is 11.2. The summed E-state index contributed by atoms with van der Waals surface area (Å²) in [6, 6.07) is 10.8. The van der Waals surface area contributed by atoms with Crippen molar-refractivity contribution in [2.75, 3.05) is 12.4 Å². The summed E-state index contributed by atoms with van der Waals surface area (Å²) < 4.78 is 4.89. The second kappa shape index (κ2) is 10.8. The van der Waals surface area contributed by atoms with E-state index in [1.165, 1.54) is 14.0 Å². The van der Waals surface area contributed by atoms with Crippen molar-refractivity contribution in [3.05, 3.63) is 63.6 Å². The van der Waals surface area contributed by atoms with Gasteiger partial charge in [-0.05, 0) is 48.6 Å². The summed E-state index contributed by atoms with van der Waals surface area (Å²) in [5.41, 5.74) is 0.976. The van der Waals surface area contributed by atoms with Gasteiger partial charge in [0.25, 0.3) is 5.91 Å². The molecule has 0 aliphatic heterocycles. The number of ether oxygens (including phenoxy) is 1. The molecule has 7 nitrogen and oxygen atoms in total. The molecule has 0 spiro atoms. The molecule has 0 bridgehead atoms. The number of anilines is 1. The number of carbonyl (C=O) groups is 4. The zero-order valence-corrected chi connectivity index (χ0v) is 21.5.